The number of ketones is 1. The smallest absolute Gasteiger partial charge is 0.261 e. The Morgan fingerprint density at radius 1 is 1.28 bits per heavy atom. The number of hydrogen-bond donors (Lipinski definition) is 2. The molecule has 2 aromatic heterocycles. The molecule has 1 aliphatic heterocycles. The Bertz CT molecular complexity index is 987. The second-order valence-corrected chi connectivity index (χ2v) is 8.35. The van der Waals surface area contributed by atoms with Gasteiger partial charge in [-0.1, -0.05) is 19.9 Å². The van der Waals surface area contributed by atoms with E-state index in [1.807, 2.05) is 26.0 Å². The number of piperazine rings is 1. The minimum Gasteiger partial charge on any atom is -0.329 e. The number of fused-ring (bicyclic) bond motifs is 1. The van der Waals surface area contributed by atoms with Crippen LogP contribution in [0.2, 0.25) is 0 Å². The molecule has 0 spiro atoms. The molecule has 7 nitrogen and oxygen atoms in total. The molecule has 1 saturated heterocycles. The van der Waals surface area contributed by atoms with Crippen molar-refractivity contribution in [3.05, 3.63) is 63.3 Å². The molecule has 154 valence electrons. The lowest BCUT2D eigenvalue weighted by atomic mass is 9.75. The minimum atomic E-state index is -0.433. The van der Waals surface area contributed by atoms with Gasteiger partial charge in [0, 0.05) is 49.7 Å². The predicted molar refractivity (Wildman–Crippen MR) is 112 cm³/mol. The van der Waals surface area contributed by atoms with E-state index in [9.17, 15) is 14.4 Å². The molecule has 0 saturated carbocycles. The summed E-state index contributed by atoms with van der Waals surface area (Å²) in [4.78, 5) is 47.2. The molecule has 0 bridgehead atoms. The lowest BCUT2D eigenvalue weighted by Gasteiger charge is -2.36. The third-order valence-corrected chi connectivity index (χ3v) is 5.52. The fraction of sp³-hybridized carbons (Fsp3) is 0.429. The van der Waals surface area contributed by atoms with E-state index in [2.05, 4.69) is 15.3 Å². The van der Waals surface area contributed by atoms with Gasteiger partial charge in [-0.15, -0.1) is 12.4 Å². The number of carbonyl (C=O) groups is 2. The number of H-pyrrole nitrogens is 1. The highest BCUT2D eigenvalue weighted by Gasteiger charge is 2.35. The summed E-state index contributed by atoms with van der Waals surface area (Å²) in [5.74, 6) is -0.377. The molecule has 4 rings (SSSR count). The fourth-order valence-corrected chi connectivity index (χ4v) is 4.16. The van der Waals surface area contributed by atoms with Gasteiger partial charge in [-0.25, -0.2) is 0 Å². The van der Waals surface area contributed by atoms with Crippen molar-refractivity contribution in [2.45, 2.75) is 32.7 Å². The van der Waals surface area contributed by atoms with E-state index in [0.717, 1.165) is 5.56 Å². The fourth-order valence-electron chi connectivity index (χ4n) is 4.16. The third-order valence-electron chi connectivity index (χ3n) is 5.52. The average molecular weight is 417 g/mol. The molecule has 1 unspecified atom stereocenters. The van der Waals surface area contributed by atoms with Gasteiger partial charge >= 0.3 is 0 Å². The van der Waals surface area contributed by atoms with Crippen LogP contribution in [0.3, 0.4) is 0 Å². The molecular weight excluding hydrogens is 392 g/mol. The summed E-state index contributed by atoms with van der Waals surface area (Å²) < 4.78 is 0. The molecule has 0 radical (unpaired) electrons. The maximum absolute atomic E-state index is 13.3. The molecular formula is C21H25ClN4O3. The standard InChI is InChI=1S/C21H24N4O3.ClH/c1-21(2)9-16-14(18(26)10-21)8-15(19(27)24-16)20(28)25-7-6-23-12-17(25)13-4-3-5-22-11-13;/h3-5,8,11,17,23H,6-7,9-10,12H2,1-2H3,(H,24,27);1H. The average Bonchev–Trinajstić information content (AvgIpc) is 2.67. The van der Waals surface area contributed by atoms with E-state index in [0.29, 0.717) is 43.7 Å². The second kappa shape index (κ2) is 8.08. The van der Waals surface area contributed by atoms with E-state index < -0.39 is 5.56 Å². The summed E-state index contributed by atoms with van der Waals surface area (Å²) in [5.41, 5.74) is 1.42. The normalized spacial score (nSPS) is 20.6. The Morgan fingerprint density at radius 2 is 2.07 bits per heavy atom. The maximum Gasteiger partial charge on any atom is 0.261 e. The number of hydrogen-bond acceptors (Lipinski definition) is 5. The number of Topliss-reactive ketones (excluding diaryl/α,β-unsaturated/α-hetero) is 1. The molecule has 2 N–H and O–H groups in total. The molecule has 29 heavy (non-hydrogen) atoms. The zero-order valence-electron chi connectivity index (χ0n) is 16.5. The van der Waals surface area contributed by atoms with Crippen LogP contribution in [0.5, 0.6) is 0 Å². The number of aromatic amines is 1. The zero-order valence-corrected chi connectivity index (χ0v) is 17.3. The minimum absolute atomic E-state index is 0. The van der Waals surface area contributed by atoms with E-state index >= 15 is 0 Å². The molecule has 1 atom stereocenters. The summed E-state index contributed by atoms with van der Waals surface area (Å²) in [7, 11) is 0. The van der Waals surface area contributed by atoms with Crippen molar-refractivity contribution in [2.24, 2.45) is 5.41 Å². The lowest BCUT2D eigenvalue weighted by molar-refractivity contribution is 0.0632. The monoisotopic (exact) mass is 416 g/mol. The lowest BCUT2D eigenvalue weighted by Crippen LogP contribution is -2.49. The molecule has 3 heterocycles. The number of carbonyl (C=O) groups excluding carboxylic acids is 2. The van der Waals surface area contributed by atoms with Crippen molar-refractivity contribution in [1.29, 1.82) is 0 Å². The topological polar surface area (TPSA) is 95.2 Å². The Balaban J connectivity index is 0.00000240. The van der Waals surface area contributed by atoms with Gasteiger partial charge in [0.25, 0.3) is 11.5 Å². The Labute approximate surface area is 175 Å². The van der Waals surface area contributed by atoms with Crippen LogP contribution >= 0.6 is 12.4 Å². The highest BCUT2D eigenvalue weighted by molar-refractivity contribution is 6.02. The first-order valence-corrected chi connectivity index (χ1v) is 9.57. The Hall–Kier alpha value is -2.51. The number of nitrogens with one attached hydrogen (secondary N) is 2. The van der Waals surface area contributed by atoms with E-state index in [1.54, 1.807) is 17.3 Å². The van der Waals surface area contributed by atoms with Crippen LogP contribution in [0.25, 0.3) is 0 Å². The quantitative estimate of drug-likeness (QED) is 0.782. The van der Waals surface area contributed by atoms with Gasteiger partial charge in [-0.3, -0.25) is 19.4 Å². The van der Waals surface area contributed by atoms with Gasteiger partial charge in [0.2, 0.25) is 0 Å². The summed E-state index contributed by atoms with van der Waals surface area (Å²) in [6.45, 7) is 5.73. The summed E-state index contributed by atoms with van der Waals surface area (Å²) in [6.07, 6.45) is 4.45. The Kier molecular flexibility index (Phi) is 5.91. The summed E-state index contributed by atoms with van der Waals surface area (Å²) in [5, 5.41) is 3.29. The second-order valence-electron chi connectivity index (χ2n) is 8.35. The SMILES string of the molecule is CC1(C)CC(=O)c2cc(C(=O)N3CCNCC3c3cccnc3)c(=O)[nH]c2C1.Cl. The third kappa shape index (κ3) is 4.11. The molecule has 1 amide bonds. The van der Waals surface area contributed by atoms with Gasteiger partial charge in [-0.2, -0.15) is 0 Å². The summed E-state index contributed by atoms with van der Waals surface area (Å²) >= 11 is 0. The number of nitrogens with zero attached hydrogens (tertiary/aromatic N) is 2. The van der Waals surface area contributed by atoms with Crippen molar-refractivity contribution in [2.75, 3.05) is 19.6 Å². The van der Waals surface area contributed by atoms with E-state index in [-0.39, 0.29) is 41.1 Å². The first-order valence-electron chi connectivity index (χ1n) is 9.57. The largest absolute Gasteiger partial charge is 0.329 e. The number of aromatic nitrogens is 2. The van der Waals surface area contributed by atoms with Crippen molar-refractivity contribution in [3.8, 4) is 0 Å². The zero-order chi connectivity index (χ0) is 19.9. The number of halogens is 1. The van der Waals surface area contributed by atoms with Crippen LogP contribution in [0.4, 0.5) is 0 Å². The van der Waals surface area contributed by atoms with Crippen molar-refractivity contribution in [3.63, 3.8) is 0 Å². The van der Waals surface area contributed by atoms with Crippen LogP contribution < -0.4 is 10.9 Å². The molecule has 1 aliphatic carbocycles. The first-order chi connectivity index (χ1) is 13.4. The number of rotatable bonds is 2. The molecule has 8 heteroatoms. The van der Waals surface area contributed by atoms with Gasteiger partial charge in [0.1, 0.15) is 5.56 Å². The van der Waals surface area contributed by atoms with Crippen LogP contribution in [-0.4, -0.2) is 46.2 Å². The Morgan fingerprint density at radius 3 is 2.79 bits per heavy atom. The van der Waals surface area contributed by atoms with E-state index in [1.165, 1.54) is 6.07 Å². The predicted octanol–water partition coefficient (Wildman–Crippen LogP) is 2.13. The van der Waals surface area contributed by atoms with Gasteiger partial charge in [0.05, 0.1) is 6.04 Å². The maximum atomic E-state index is 13.3. The number of pyridine rings is 2. The van der Waals surface area contributed by atoms with Crippen molar-refractivity contribution >= 4 is 24.1 Å². The molecule has 2 aliphatic rings. The molecule has 2 aromatic rings. The first kappa shape index (κ1) is 21.2. The van der Waals surface area contributed by atoms with Gasteiger partial charge in [0.15, 0.2) is 5.78 Å². The van der Waals surface area contributed by atoms with Crippen molar-refractivity contribution < 1.29 is 9.59 Å². The van der Waals surface area contributed by atoms with Crippen LogP contribution in [-0.2, 0) is 6.42 Å². The highest BCUT2D eigenvalue weighted by Crippen LogP contribution is 2.33. The van der Waals surface area contributed by atoms with Crippen LogP contribution in [0.1, 0.15) is 58.3 Å². The highest BCUT2D eigenvalue weighted by atomic mass is 35.5. The van der Waals surface area contributed by atoms with Gasteiger partial charge < -0.3 is 15.2 Å². The van der Waals surface area contributed by atoms with Gasteiger partial charge in [-0.05, 0) is 29.5 Å². The van der Waals surface area contributed by atoms with Crippen molar-refractivity contribution in [1.82, 2.24) is 20.2 Å². The van der Waals surface area contributed by atoms with Crippen LogP contribution in [0, 0.1) is 5.41 Å². The summed E-state index contributed by atoms with van der Waals surface area (Å²) in [6, 6.07) is 5.04. The van der Waals surface area contributed by atoms with Crippen LogP contribution in [0.15, 0.2) is 35.4 Å². The van der Waals surface area contributed by atoms with E-state index in [4.69, 9.17) is 0 Å². The molecule has 1 fully saturated rings. The number of amides is 1. The molecule has 0 aromatic carbocycles.